The van der Waals surface area contributed by atoms with E-state index in [9.17, 15) is 14.4 Å². The second-order valence-electron chi connectivity index (χ2n) is 6.79. The molecule has 3 amide bonds. The minimum absolute atomic E-state index is 0.0336. The summed E-state index contributed by atoms with van der Waals surface area (Å²) < 4.78 is 0. The van der Waals surface area contributed by atoms with Gasteiger partial charge in [-0.2, -0.15) is 0 Å². The van der Waals surface area contributed by atoms with Gasteiger partial charge in [0.05, 0.1) is 0 Å². The summed E-state index contributed by atoms with van der Waals surface area (Å²) in [5.41, 5.74) is 2.07. The lowest BCUT2D eigenvalue weighted by molar-refractivity contribution is -0.136. The van der Waals surface area contributed by atoms with E-state index >= 15 is 0 Å². The van der Waals surface area contributed by atoms with Crippen LogP contribution in [0.25, 0.3) is 0 Å². The van der Waals surface area contributed by atoms with Crippen molar-refractivity contribution >= 4 is 17.7 Å². The number of unbranched alkanes of at least 4 members (excludes halogenated alkanes) is 1. The average molecular weight is 352 g/mol. The van der Waals surface area contributed by atoms with Gasteiger partial charge in [0.1, 0.15) is 0 Å². The van der Waals surface area contributed by atoms with Crippen LogP contribution in [0, 0.1) is 0 Å². The van der Waals surface area contributed by atoms with Gasteiger partial charge in [-0.25, -0.2) is 0 Å². The zero-order valence-electron chi connectivity index (χ0n) is 14.8. The lowest BCUT2D eigenvalue weighted by Crippen LogP contribution is -2.38. The Morgan fingerprint density at radius 2 is 1.77 bits per heavy atom. The van der Waals surface area contributed by atoms with E-state index in [-0.39, 0.29) is 23.8 Å². The number of nitrogens with one attached hydrogen (secondary N) is 1. The maximum atomic E-state index is 12.3. The Morgan fingerprint density at radius 3 is 2.38 bits per heavy atom. The molecule has 26 heavy (non-hydrogen) atoms. The van der Waals surface area contributed by atoms with Crippen LogP contribution in [0.5, 0.6) is 0 Å². The van der Waals surface area contributed by atoms with Crippen LogP contribution in [-0.2, 0) is 20.8 Å². The maximum absolute atomic E-state index is 12.3. The topological polar surface area (TPSA) is 66.5 Å². The Morgan fingerprint density at radius 1 is 1.08 bits per heavy atom. The highest BCUT2D eigenvalue weighted by Crippen LogP contribution is 2.19. The minimum atomic E-state index is -0.235. The molecule has 1 aliphatic heterocycles. The van der Waals surface area contributed by atoms with Gasteiger partial charge in [0, 0.05) is 30.3 Å². The Kier molecular flexibility index (Phi) is 6.00. The fourth-order valence-electron chi connectivity index (χ4n) is 3.21. The van der Waals surface area contributed by atoms with E-state index < -0.39 is 0 Å². The monoisotopic (exact) mass is 352 g/mol. The third-order valence-electron chi connectivity index (χ3n) is 4.84. The summed E-state index contributed by atoms with van der Waals surface area (Å²) in [6.45, 7) is 0.432. The van der Waals surface area contributed by atoms with E-state index in [1.54, 1.807) is 0 Å². The summed E-state index contributed by atoms with van der Waals surface area (Å²) >= 11 is 0. The highest BCUT2D eigenvalue weighted by molar-refractivity contribution is 6.12. The predicted octanol–water partition coefficient (Wildman–Crippen LogP) is 2.53. The number of rotatable bonds is 9. The number of imide groups is 1. The first kappa shape index (κ1) is 18.1. The van der Waals surface area contributed by atoms with Crippen LogP contribution in [-0.4, -0.2) is 35.2 Å². The molecule has 0 saturated carbocycles. The van der Waals surface area contributed by atoms with Gasteiger partial charge in [0.2, 0.25) is 5.91 Å². The van der Waals surface area contributed by atoms with Crippen molar-refractivity contribution in [3.05, 3.63) is 59.7 Å². The van der Waals surface area contributed by atoms with Crippen molar-refractivity contribution in [3.8, 4) is 0 Å². The van der Waals surface area contributed by atoms with Crippen LogP contribution in [0.4, 0.5) is 0 Å². The first-order valence-electron chi connectivity index (χ1n) is 9.21. The van der Waals surface area contributed by atoms with Crippen LogP contribution < -0.4 is 5.32 Å². The molecule has 1 aromatic rings. The molecular weight excluding hydrogens is 328 g/mol. The molecule has 0 saturated heterocycles. The molecule has 136 valence electrons. The molecule has 0 fully saturated rings. The average Bonchev–Trinajstić information content (AvgIpc) is 2.89. The van der Waals surface area contributed by atoms with Crippen molar-refractivity contribution in [2.45, 2.75) is 44.6 Å². The summed E-state index contributed by atoms with van der Waals surface area (Å²) in [4.78, 5) is 36.7. The first-order chi connectivity index (χ1) is 12.6. The van der Waals surface area contributed by atoms with Crippen molar-refractivity contribution in [2.75, 3.05) is 6.54 Å². The number of hydrogen-bond donors (Lipinski definition) is 1. The van der Waals surface area contributed by atoms with Crippen molar-refractivity contribution in [2.24, 2.45) is 0 Å². The normalized spacial score (nSPS) is 17.1. The Balaban J connectivity index is 1.50. The summed E-state index contributed by atoms with van der Waals surface area (Å²) in [5, 5.41) is 3.15. The molecule has 1 aliphatic carbocycles. The molecule has 0 bridgehead atoms. The zero-order valence-corrected chi connectivity index (χ0v) is 14.8. The van der Waals surface area contributed by atoms with Crippen LogP contribution >= 0.6 is 0 Å². The summed E-state index contributed by atoms with van der Waals surface area (Å²) in [7, 11) is 0. The van der Waals surface area contributed by atoms with Gasteiger partial charge in [-0.05, 0) is 44.1 Å². The molecule has 2 aliphatic rings. The fraction of sp³-hybridized carbons (Fsp3) is 0.381. The van der Waals surface area contributed by atoms with Gasteiger partial charge < -0.3 is 5.32 Å². The van der Waals surface area contributed by atoms with Gasteiger partial charge in [0.25, 0.3) is 11.8 Å². The molecule has 1 heterocycles. The predicted molar refractivity (Wildman–Crippen MR) is 99.1 cm³/mol. The van der Waals surface area contributed by atoms with E-state index in [4.69, 9.17) is 0 Å². The molecular formula is C21H24N2O3. The molecule has 5 heteroatoms. The number of benzene rings is 1. The third-order valence-corrected chi connectivity index (χ3v) is 4.84. The number of carbonyl (C=O) groups excluding carboxylic acids is 3. The smallest absolute Gasteiger partial charge is 0.253 e. The minimum Gasteiger partial charge on any atom is -0.349 e. The third kappa shape index (κ3) is 4.69. The highest BCUT2D eigenvalue weighted by atomic mass is 16.2. The van der Waals surface area contributed by atoms with Gasteiger partial charge >= 0.3 is 0 Å². The fourth-order valence-corrected chi connectivity index (χ4v) is 3.21. The largest absolute Gasteiger partial charge is 0.349 e. The number of allylic oxidation sites excluding steroid dienone is 1. The Bertz CT molecular complexity index is 719. The van der Waals surface area contributed by atoms with Crippen LogP contribution in [0.2, 0.25) is 0 Å². The van der Waals surface area contributed by atoms with Crippen molar-refractivity contribution in [1.29, 1.82) is 0 Å². The standard InChI is InChI=1S/C21H24N2O3/c24-19-12-13-20(25)23(19)14-5-4-11-18(15-16-7-2-1-3-8-16)22-21(26)17-9-6-10-17/h1-3,7-9,12-13,18H,4-6,10-11,14-15H2,(H,22,26). The molecule has 1 atom stereocenters. The van der Waals surface area contributed by atoms with E-state index in [0.29, 0.717) is 6.54 Å². The van der Waals surface area contributed by atoms with Crippen molar-refractivity contribution in [1.82, 2.24) is 10.2 Å². The summed E-state index contributed by atoms with van der Waals surface area (Å²) in [6.07, 6.45) is 9.62. The quantitative estimate of drug-likeness (QED) is 0.549. The lowest BCUT2D eigenvalue weighted by Gasteiger charge is -2.22. The zero-order chi connectivity index (χ0) is 18.4. The number of carbonyl (C=O) groups is 3. The number of nitrogens with zero attached hydrogens (tertiary/aromatic N) is 1. The second kappa shape index (κ2) is 8.61. The molecule has 0 spiro atoms. The molecule has 5 nitrogen and oxygen atoms in total. The molecule has 0 radical (unpaired) electrons. The SMILES string of the molecule is O=C(NC(CCCCN1C(=O)C=CC1=O)Cc1ccccc1)C1=CCC1. The molecule has 1 unspecified atom stereocenters. The van der Waals surface area contributed by atoms with Gasteiger partial charge in [-0.3, -0.25) is 19.3 Å². The van der Waals surface area contributed by atoms with Gasteiger partial charge in [-0.15, -0.1) is 0 Å². The summed E-state index contributed by atoms with van der Waals surface area (Å²) in [5.74, 6) is -0.437. The van der Waals surface area contributed by atoms with Crippen LogP contribution in [0.1, 0.15) is 37.7 Å². The van der Waals surface area contributed by atoms with E-state index in [2.05, 4.69) is 17.4 Å². The van der Waals surface area contributed by atoms with Crippen LogP contribution in [0.15, 0.2) is 54.1 Å². The molecule has 1 N–H and O–H groups in total. The Labute approximate surface area is 153 Å². The van der Waals surface area contributed by atoms with Crippen LogP contribution in [0.3, 0.4) is 0 Å². The van der Waals surface area contributed by atoms with E-state index in [1.807, 2.05) is 24.3 Å². The summed E-state index contributed by atoms with van der Waals surface area (Å²) in [6, 6.07) is 10.2. The molecule has 3 rings (SSSR count). The lowest BCUT2D eigenvalue weighted by atomic mass is 9.96. The number of hydrogen-bond acceptors (Lipinski definition) is 3. The number of amides is 3. The van der Waals surface area contributed by atoms with Crippen molar-refractivity contribution < 1.29 is 14.4 Å². The van der Waals surface area contributed by atoms with E-state index in [1.165, 1.54) is 22.6 Å². The maximum Gasteiger partial charge on any atom is 0.253 e. The van der Waals surface area contributed by atoms with Crippen molar-refractivity contribution in [3.63, 3.8) is 0 Å². The van der Waals surface area contributed by atoms with E-state index in [0.717, 1.165) is 44.1 Å². The first-order valence-corrected chi connectivity index (χ1v) is 9.21. The second-order valence-corrected chi connectivity index (χ2v) is 6.79. The highest BCUT2D eigenvalue weighted by Gasteiger charge is 2.23. The van der Waals surface area contributed by atoms with Gasteiger partial charge in [0.15, 0.2) is 0 Å². The Hall–Kier alpha value is -2.69. The molecule has 1 aromatic carbocycles. The van der Waals surface area contributed by atoms with Gasteiger partial charge in [-0.1, -0.05) is 36.4 Å². The molecule has 0 aromatic heterocycles.